The average molecular weight is 258 g/mol. The van der Waals surface area contributed by atoms with Crippen LogP contribution in [0.3, 0.4) is 0 Å². The number of aromatic nitrogens is 2. The van der Waals surface area contributed by atoms with Crippen molar-refractivity contribution in [2.75, 3.05) is 17.7 Å². The van der Waals surface area contributed by atoms with E-state index in [1.54, 1.807) is 12.4 Å². The van der Waals surface area contributed by atoms with E-state index in [4.69, 9.17) is 10.5 Å². The van der Waals surface area contributed by atoms with Crippen molar-refractivity contribution in [3.8, 4) is 5.75 Å². The Labute approximate surface area is 112 Å². The third-order valence-corrected chi connectivity index (χ3v) is 2.66. The highest BCUT2D eigenvalue weighted by molar-refractivity contribution is 5.72. The van der Waals surface area contributed by atoms with Gasteiger partial charge in [-0.1, -0.05) is 6.07 Å². The second-order valence-corrected chi connectivity index (χ2v) is 4.15. The molecule has 0 bridgehead atoms. The molecular weight excluding hydrogens is 240 g/mol. The van der Waals surface area contributed by atoms with E-state index >= 15 is 0 Å². The van der Waals surface area contributed by atoms with E-state index in [1.807, 2.05) is 32.0 Å². The summed E-state index contributed by atoms with van der Waals surface area (Å²) in [6.45, 7) is 5.01. The van der Waals surface area contributed by atoms with Gasteiger partial charge in [-0.3, -0.25) is 9.97 Å². The number of nitrogens with one attached hydrogen (secondary N) is 1. The molecule has 0 aliphatic carbocycles. The lowest BCUT2D eigenvalue weighted by Gasteiger charge is -2.12. The van der Waals surface area contributed by atoms with Gasteiger partial charge < -0.3 is 15.8 Å². The van der Waals surface area contributed by atoms with E-state index in [0.29, 0.717) is 24.6 Å². The summed E-state index contributed by atoms with van der Waals surface area (Å²) in [6.07, 6.45) is 3.50. The van der Waals surface area contributed by atoms with Gasteiger partial charge in [-0.05, 0) is 26.0 Å². The SMILES string of the molecule is CCOc1cccc(NCc2cnc(C)cn2)c1N. The van der Waals surface area contributed by atoms with Gasteiger partial charge in [0.25, 0.3) is 0 Å². The highest BCUT2D eigenvalue weighted by Crippen LogP contribution is 2.29. The van der Waals surface area contributed by atoms with Gasteiger partial charge in [0.1, 0.15) is 5.75 Å². The zero-order valence-electron chi connectivity index (χ0n) is 11.2. The Hall–Kier alpha value is -2.30. The van der Waals surface area contributed by atoms with E-state index in [1.165, 1.54) is 0 Å². The summed E-state index contributed by atoms with van der Waals surface area (Å²) in [5.74, 6) is 0.697. The highest BCUT2D eigenvalue weighted by Gasteiger charge is 2.05. The van der Waals surface area contributed by atoms with Crippen molar-refractivity contribution in [1.29, 1.82) is 0 Å². The molecule has 0 unspecified atom stereocenters. The van der Waals surface area contributed by atoms with E-state index in [0.717, 1.165) is 17.1 Å². The molecule has 0 radical (unpaired) electrons. The lowest BCUT2D eigenvalue weighted by molar-refractivity contribution is 0.342. The van der Waals surface area contributed by atoms with Crippen molar-refractivity contribution >= 4 is 11.4 Å². The normalized spacial score (nSPS) is 10.2. The van der Waals surface area contributed by atoms with Crippen LogP contribution in [-0.2, 0) is 6.54 Å². The van der Waals surface area contributed by atoms with Crippen LogP contribution >= 0.6 is 0 Å². The fourth-order valence-corrected chi connectivity index (χ4v) is 1.68. The molecule has 5 heteroatoms. The molecule has 3 N–H and O–H groups in total. The molecule has 0 saturated carbocycles. The van der Waals surface area contributed by atoms with Crippen LogP contribution < -0.4 is 15.8 Å². The van der Waals surface area contributed by atoms with E-state index < -0.39 is 0 Å². The maximum atomic E-state index is 6.03. The molecule has 1 heterocycles. The van der Waals surface area contributed by atoms with Crippen LogP contribution in [-0.4, -0.2) is 16.6 Å². The van der Waals surface area contributed by atoms with Crippen LogP contribution in [0.1, 0.15) is 18.3 Å². The smallest absolute Gasteiger partial charge is 0.144 e. The van der Waals surface area contributed by atoms with Crippen molar-refractivity contribution < 1.29 is 4.74 Å². The van der Waals surface area contributed by atoms with Crippen molar-refractivity contribution in [1.82, 2.24) is 9.97 Å². The van der Waals surface area contributed by atoms with Gasteiger partial charge in [0.15, 0.2) is 0 Å². The maximum absolute atomic E-state index is 6.03. The molecule has 2 aromatic rings. The Morgan fingerprint density at radius 3 is 2.79 bits per heavy atom. The van der Waals surface area contributed by atoms with Gasteiger partial charge >= 0.3 is 0 Å². The number of ether oxygens (including phenoxy) is 1. The van der Waals surface area contributed by atoms with Crippen LogP contribution in [0.25, 0.3) is 0 Å². The Morgan fingerprint density at radius 2 is 2.11 bits per heavy atom. The third-order valence-electron chi connectivity index (χ3n) is 2.66. The summed E-state index contributed by atoms with van der Waals surface area (Å²) in [5, 5.41) is 3.24. The van der Waals surface area contributed by atoms with Crippen molar-refractivity contribution in [2.24, 2.45) is 0 Å². The first-order valence-corrected chi connectivity index (χ1v) is 6.23. The fourth-order valence-electron chi connectivity index (χ4n) is 1.68. The average Bonchev–Trinajstić information content (AvgIpc) is 2.42. The second-order valence-electron chi connectivity index (χ2n) is 4.15. The summed E-state index contributed by atoms with van der Waals surface area (Å²) >= 11 is 0. The Morgan fingerprint density at radius 1 is 1.26 bits per heavy atom. The zero-order valence-corrected chi connectivity index (χ0v) is 11.2. The standard InChI is InChI=1S/C14H18N4O/c1-3-19-13-6-4-5-12(14(13)15)18-9-11-8-16-10(2)7-17-11/h4-8,18H,3,9,15H2,1-2H3. The number of anilines is 2. The molecule has 0 atom stereocenters. The quantitative estimate of drug-likeness (QED) is 0.805. The van der Waals surface area contributed by atoms with Gasteiger partial charge in [0, 0.05) is 6.20 Å². The summed E-state index contributed by atoms with van der Waals surface area (Å²) in [7, 11) is 0. The van der Waals surface area contributed by atoms with Gasteiger partial charge in [-0.25, -0.2) is 0 Å². The van der Waals surface area contributed by atoms with Gasteiger partial charge in [0.2, 0.25) is 0 Å². The Bertz CT molecular complexity index is 540. The summed E-state index contributed by atoms with van der Waals surface area (Å²) in [4.78, 5) is 8.49. The van der Waals surface area contributed by atoms with E-state index in [-0.39, 0.29) is 0 Å². The largest absolute Gasteiger partial charge is 0.492 e. The first kappa shape index (κ1) is 13.1. The number of para-hydroxylation sites is 1. The van der Waals surface area contributed by atoms with Crippen LogP contribution in [0.4, 0.5) is 11.4 Å². The van der Waals surface area contributed by atoms with E-state index in [9.17, 15) is 0 Å². The molecule has 0 aliphatic rings. The predicted molar refractivity (Wildman–Crippen MR) is 76.1 cm³/mol. The number of nitrogens with two attached hydrogens (primary N) is 1. The lowest BCUT2D eigenvalue weighted by atomic mass is 10.2. The number of nitrogen functional groups attached to an aromatic ring is 1. The number of hydrogen-bond donors (Lipinski definition) is 2. The first-order chi connectivity index (χ1) is 9.20. The monoisotopic (exact) mass is 258 g/mol. The first-order valence-electron chi connectivity index (χ1n) is 6.23. The molecule has 2 rings (SSSR count). The molecule has 1 aromatic heterocycles. The predicted octanol–water partition coefficient (Wildman–Crippen LogP) is 2.38. The van der Waals surface area contributed by atoms with Crippen LogP contribution in [0, 0.1) is 6.92 Å². The molecular formula is C14H18N4O. The second kappa shape index (κ2) is 6.04. The van der Waals surface area contributed by atoms with Crippen LogP contribution in [0.15, 0.2) is 30.6 Å². The van der Waals surface area contributed by atoms with E-state index in [2.05, 4.69) is 15.3 Å². The van der Waals surface area contributed by atoms with Gasteiger partial charge in [0.05, 0.1) is 42.1 Å². The minimum Gasteiger partial charge on any atom is -0.492 e. The summed E-state index contributed by atoms with van der Waals surface area (Å²) in [6, 6.07) is 5.68. The molecule has 0 fully saturated rings. The van der Waals surface area contributed by atoms with Gasteiger partial charge in [-0.15, -0.1) is 0 Å². The Kier molecular flexibility index (Phi) is 4.18. The molecule has 0 amide bonds. The minimum absolute atomic E-state index is 0.576. The van der Waals surface area contributed by atoms with Crippen molar-refractivity contribution in [2.45, 2.75) is 20.4 Å². The topological polar surface area (TPSA) is 73.1 Å². The third kappa shape index (κ3) is 3.34. The van der Waals surface area contributed by atoms with Crippen molar-refractivity contribution in [3.63, 3.8) is 0 Å². The van der Waals surface area contributed by atoms with Crippen LogP contribution in [0.2, 0.25) is 0 Å². The summed E-state index contributed by atoms with van der Waals surface area (Å²) < 4.78 is 5.45. The number of hydrogen-bond acceptors (Lipinski definition) is 5. The highest BCUT2D eigenvalue weighted by atomic mass is 16.5. The zero-order chi connectivity index (χ0) is 13.7. The molecule has 0 spiro atoms. The van der Waals surface area contributed by atoms with Crippen molar-refractivity contribution in [3.05, 3.63) is 42.0 Å². The number of benzene rings is 1. The number of rotatable bonds is 5. The van der Waals surface area contributed by atoms with Crippen LogP contribution in [0.5, 0.6) is 5.75 Å². The van der Waals surface area contributed by atoms with Gasteiger partial charge in [-0.2, -0.15) is 0 Å². The molecule has 100 valence electrons. The maximum Gasteiger partial charge on any atom is 0.144 e. The molecule has 5 nitrogen and oxygen atoms in total. The Balaban J connectivity index is 2.07. The number of nitrogens with zero attached hydrogens (tertiary/aromatic N) is 2. The molecule has 19 heavy (non-hydrogen) atoms. The molecule has 1 aromatic carbocycles. The molecule has 0 saturated heterocycles. The fraction of sp³-hybridized carbons (Fsp3) is 0.286. The number of aryl methyl sites for hydroxylation is 1. The lowest BCUT2D eigenvalue weighted by Crippen LogP contribution is -2.06. The summed E-state index contributed by atoms with van der Waals surface area (Å²) in [5.41, 5.74) is 9.26. The molecule has 0 aliphatic heterocycles. The minimum atomic E-state index is 0.576.